The molecule has 2 aliphatic heterocycles. The van der Waals surface area contributed by atoms with E-state index >= 15 is 0 Å². The molecule has 1 amide bonds. The number of amides is 1. The predicted molar refractivity (Wildman–Crippen MR) is 123 cm³/mol. The van der Waals surface area contributed by atoms with E-state index in [4.69, 9.17) is 14.2 Å². The number of likely N-dealkylation sites (tertiary alicyclic amines) is 1. The van der Waals surface area contributed by atoms with Gasteiger partial charge in [0, 0.05) is 38.5 Å². The molecule has 2 aliphatic rings. The zero-order valence-corrected chi connectivity index (χ0v) is 19.4. The lowest BCUT2D eigenvalue weighted by atomic mass is 10.1. The fourth-order valence-corrected chi connectivity index (χ4v) is 4.95. The van der Waals surface area contributed by atoms with Crippen molar-refractivity contribution in [2.75, 3.05) is 32.8 Å². The summed E-state index contributed by atoms with van der Waals surface area (Å²) in [4.78, 5) is 14.4. The number of nitrogens with zero attached hydrogens (tertiary/aromatic N) is 1. The Kier molecular flexibility index (Phi) is 7.85. The van der Waals surface area contributed by atoms with Crippen LogP contribution in [0.15, 0.2) is 53.4 Å². The monoisotopic (exact) mass is 474 g/mol. The summed E-state index contributed by atoms with van der Waals surface area (Å²) in [5, 5.41) is 0. The highest BCUT2D eigenvalue weighted by Gasteiger charge is 2.24. The normalized spacial score (nSPS) is 16.9. The maximum Gasteiger partial charge on any atom is 0.240 e. The first kappa shape index (κ1) is 23.5. The number of fused-ring (bicyclic) bond motifs is 1. The lowest BCUT2D eigenvalue weighted by molar-refractivity contribution is -0.133. The number of sulfonamides is 1. The number of ether oxygens (including phenoxy) is 3. The molecule has 33 heavy (non-hydrogen) atoms. The van der Waals surface area contributed by atoms with Gasteiger partial charge in [-0.15, -0.1) is 0 Å². The number of hydrogen-bond donors (Lipinski definition) is 1. The number of piperidine rings is 1. The van der Waals surface area contributed by atoms with Crippen molar-refractivity contribution in [2.24, 2.45) is 0 Å². The van der Waals surface area contributed by atoms with Crippen molar-refractivity contribution in [2.45, 2.75) is 43.3 Å². The highest BCUT2D eigenvalue weighted by Crippen LogP contribution is 2.31. The smallest absolute Gasteiger partial charge is 0.240 e. The molecule has 1 saturated heterocycles. The van der Waals surface area contributed by atoms with Gasteiger partial charge in [-0.25, -0.2) is 13.1 Å². The van der Waals surface area contributed by atoms with Crippen molar-refractivity contribution in [1.29, 1.82) is 0 Å². The third-order valence-corrected chi connectivity index (χ3v) is 7.24. The fraction of sp³-hybridized carbons (Fsp3) is 0.458. The highest BCUT2D eigenvalue weighted by molar-refractivity contribution is 7.89. The van der Waals surface area contributed by atoms with E-state index in [0.717, 1.165) is 24.8 Å². The highest BCUT2D eigenvalue weighted by atomic mass is 32.2. The van der Waals surface area contributed by atoms with E-state index in [0.29, 0.717) is 44.4 Å². The molecule has 0 bridgehead atoms. The van der Waals surface area contributed by atoms with Crippen LogP contribution in [0.4, 0.5) is 0 Å². The number of carbonyl (C=O) groups excluding carboxylic acids is 1. The average molecular weight is 475 g/mol. The molecule has 0 aliphatic carbocycles. The summed E-state index contributed by atoms with van der Waals surface area (Å²) < 4.78 is 44.9. The minimum atomic E-state index is -3.75. The van der Waals surface area contributed by atoms with Gasteiger partial charge in [-0.1, -0.05) is 30.3 Å². The zero-order chi connectivity index (χ0) is 23.1. The van der Waals surface area contributed by atoms with E-state index < -0.39 is 10.0 Å². The summed E-state index contributed by atoms with van der Waals surface area (Å²) in [5.41, 5.74) is 1.14. The molecule has 8 nitrogen and oxygen atoms in total. The molecular weight excluding hydrogens is 444 g/mol. The van der Waals surface area contributed by atoms with Gasteiger partial charge >= 0.3 is 0 Å². The Bertz CT molecular complexity index is 1040. The van der Waals surface area contributed by atoms with E-state index in [-0.39, 0.29) is 29.9 Å². The van der Waals surface area contributed by atoms with Crippen LogP contribution in [0.5, 0.6) is 11.5 Å². The predicted octanol–water partition coefficient (Wildman–Crippen LogP) is 2.72. The minimum absolute atomic E-state index is 0.0417. The summed E-state index contributed by atoms with van der Waals surface area (Å²) in [6, 6.07) is 14.6. The molecule has 1 fully saturated rings. The molecule has 178 valence electrons. The molecular formula is C24H30N2O6S. The second kappa shape index (κ2) is 11.0. The first-order valence-corrected chi connectivity index (χ1v) is 12.8. The van der Waals surface area contributed by atoms with Crippen LogP contribution < -0.4 is 14.2 Å². The molecule has 0 aromatic heterocycles. The van der Waals surface area contributed by atoms with E-state index in [1.807, 2.05) is 30.3 Å². The second-order valence-electron chi connectivity index (χ2n) is 8.18. The topological polar surface area (TPSA) is 94.2 Å². The first-order chi connectivity index (χ1) is 16.0. The molecule has 0 atom stereocenters. The van der Waals surface area contributed by atoms with Crippen molar-refractivity contribution < 1.29 is 27.4 Å². The molecule has 2 heterocycles. The summed E-state index contributed by atoms with van der Waals surface area (Å²) in [5.74, 6) is 0.902. The van der Waals surface area contributed by atoms with Crippen molar-refractivity contribution in [1.82, 2.24) is 9.62 Å². The lowest BCUT2D eigenvalue weighted by Crippen LogP contribution is -2.42. The van der Waals surface area contributed by atoms with Crippen molar-refractivity contribution in [3.05, 3.63) is 54.1 Å². The fourth-order valence-electron chi connectivity index (χ4n) is 3.90. The van der Waals surface area contributed by atoms with Gasteiger partial charge in [0.2, 0.25) is 15.9 Å². The third kappa shape index (κ3) is 6.46. The molecule has 0 saturated carbocycles. The summed E-state index contributed by atoms with van der Waals surface area (Å²) in [6.07, 6.45) is 2.54. The Labute approximate surface area is 194 Å². The Morgan fingerprint density at radius 3 is 2.52 bits per heavy atom. The van der Waals surface area contributed by atoms with E-state index in [1.54, 1.807) is 11.0 Å². The molecule has 0 radical (unpaired) electrons. The van der Waals surface area contributed by atoms with Crippen LogP contribution in [0.2, 0.25) is 0 Å². The van der Waals surface area contributed by atoms with Crippen LogP contribution in [0.25, 0.3) is 0 Å². The SMILES string of the molecule is O=C(CCNS(=O)(=O)c1ccc2c(c1)OCCCO2)N1CCC(OCc2ccccc2)CC1. The van der Waals surface area contributed by atoms with E-state index in [2.05, 4.69) is 4.72 Å². The van der Waals surface area contributed by atoms with Crippen LogP contribution >= 0.6 is 0 Å². The van der Waals surface area contributed by atoms with E-state index in [9.17, 15) is 13.2 Å². The molecule has 4 rings (SSSR count). The number of rotatable bonds is 8. The summed E-state index contributed by atoms with van der Waals surface area (Å²) in [6.45, 7) is 2.86. The van der Waals surface area contributed by atoms with Gasteiger partial charge in [0.1, 0.15) is 0 Å². The minimum Gasteiger partial charge on any atom is -0.490 e. The zero-order valence-electron chi connectivity index (χ0n) is 18.6. The molecule has 2 aromatic carbocycles. The maximum absolute atomic E-state index is 12.6. The van der Waals surface area contributed by atoms with Crippen LogP contribution in [-0.4, -0.2) is 58.2 Å². The number of nitrogens with one attached hydrogen (secondary N) is 1. The van der Waals surface area contributed by atoms with E-state index in [1.165, 1.54) is 12.1 Å². The van der Waals surface area contributed by atoms with Gasteiger partial charge in [0.15, 0.2) is 11.5 Å². The molecule has 2 aromatic rings. The lowest BCUT2D eigenvalue weighted by Gasteiger charge is -2.32. The Balaban J connectivity index is 1.20. The number of benzene rings is 2. The van der Waals surface area contributed by atoms with Gasteiger partial charge in [-0.05, 0) is 30.5 Å². The molecule has 9 heteroatoms. The Morgan fingerprint density at radius 2 is 1.76 bits per heavy atom. The quantitative estimate of drug-likeness (QED) is 0.632. The van der Waals surface area contributed by atoms with Crippen LogP contribution in [-0.2, 0) is 26.2 Å². The largest absolute Gasteiger partial charge is 0.490 e. The van der Waals surface area contributed by atoms with Crippen molar-refractivity contribution in [3.8, 4) is 11.5 Å². The second-order valence-corrected chi connectivity index (χ2v) is 9.95. The van der Waals surface area contributed by atoms with Gasteiger partial charge < -0.3 is 19.1 Å². The van der Waals surface area contributed by atoms with Gasteiger partial charge in [0.25, 0.3) is 0 Å². The maximum atomic E-state index is 12.6. The third-order valence-electron chi connectivity index (χ3n) is 5.78. The Hall–Kier alpha value is -2.62. The van der Waals surface area contributed by atoms with Gasteiger partial charge in [0.05, 0.1) is 30.8 Å². The average Bonchev–Trinajstić information content (AvgIpc) is 3.08. The van der Waals surface area contributed by atoms with Crippen molar-refractivity contribution in [3.63, 3.8) is 0 Å². The van der Waals surface area contributed by atoms with Gasteiger partial charge in [-0.2, -0.15) is 0 Å². The van der Waals surface area contributed by atoms with Crippen LogP contribution in [0.1, 0.15) is 31.2 Å². The van der Waals surface area contributed by atoms with Crippen LogP contribution in [0, 0.1) is 0 Å². The Morgan fingerprint density at radius 1 is 1.03 bits per heavy atom. The van der Waals surface area contributed by atoms with Gasteiger partial charge in [-0.3, -0.25) is 4.79 Å². The number of carbonyl (C=O) groups is 1. The standard InChI is InChI=1S/C24H30N2O6S/c27-24(26-13-10-20(11-14-26)32-18-19-5-2-1-3-6-19)9-12-25-33(28,29)21-7-8-22-23(17-21)31-16-4-15-30-22/h1-3,5-8,17,20,25H,4,9-16,18H2. The molecule has 1 N–H and O–H groups in total. The van der Waals surface area contributed by atoms with Crippen molar-refractivity contribution >= 4 is 15.9 Å². The number of hydrogen-bond acceptors (Lipinski definition) is 6. The van der Waals surface area contributed by atoms with Crippen LogP contribution in [0.3, 0.4) is 0 Å². The first-order valence-electron chi connectivity index (χ1n) is 11.3. The molecule has 0 unspecified atom stereocenters. The summed E-state index contributed by atoms with van der Waals surface area (Å²) in [7, 11) is -3.75. The molecule has 0 spiro atoms. The summed E-state index contributed by atoms with van der Waals surface area (Å²) >= 11 is 0.